The highest BCUT2D eigenvalue weighted by Gasteiger charge is 2.24. The minimum atomic E-state index is -0.876. The molecule has 7 heteroatoms. The van der Waals surface area contributed by atoms with Crippen molar-refractivity contribution in [2.75, 3.05) is 18.4 Å². The molecule has 1 aromatic rings. The molecule has 0 bridgehead atoms. The lowest BCUT2D eigenvalue weighted by Crippen LogP contribution is -2.46. The molecule has 1 rings (SSSR count). The first-order chi connectivity index (χ1) is 9.68. The van der Waals surface area contributed by atoms with E-state index in [-0.39, 0.29) is 24.4 Å². The Labute approximate surface area is 132 Å². The number of rotatable bonds is 6. The van der Waals surface area contributed by atoms with Crippen LogP contribution in [-0.2, 0) is 9.59 Å². The first-order valence-electron chi connectivity index (χ1n) is 6.57. The van der Waals surface area contributed by atoms with Crippen LogP contribution in [0.15, 0.2) is 22.8 Å². The molecule has 1 aromatic heterocycles. The number of aromatic nitrogens is 1. The minimum Gasteiger partial charge on any atom is -0.481 e. The lowest BCUT2D eigenvalue weighted by molar-refractivity contribution is -0.138. The molecule has 6 nitrogen and oxygen atoms in total. The molecule has 0 aliphatic carbocycles. The third kappa shape index (κ3) is 6.68. The predicted octanol–water partition coefficient (Wildman–Crippen LogP) is 2.36. The number of carbonyl (C=O) groups excluding carboxylic acids is 1. The Kier molecular flexibility index (Phi) is 6.29. The smallest absolute Gasteiger partial charge is 0.304 e. The van der Waals surface area contributed by atoms with Crippen LogP contribution in [-0.4, -0.2) is 45.5 Å². The maximum atomic E-state index is 12.0. The number of nitrogens with zero attached hydrogens (tertiary/aromatic N) is 2. The molecule has 0 atom stereocenters. The summed E-state index contributed by atoms with van der Waals surface area (Å²) >= 11 is 3.27. The van der Waals surface area contributed by atoms with E-state index >= 15 is 0 Å². The van der Waals surface area contributed by atoms with Crippen molar-refractivity contribution in [3.05, 3.63) is 22.8 Å². The van der Waals surface area contributed by atoms with Crippen molar-refractivity contribution >= 4 is 33.6 Å². The molecule has 0 spiro atoms. The molecule has 0 saturated carbocycles. The Morgan fingerprint density at radius 3 is 2.52 bits per heavy atom. The molecule has 1 heterocycles. The van der Waals surface area contributed by atoms with Gasteiger partial charge in [0.05, 0.1) is 13.0 Å². The SMILES string of the molecule is CC(C)(C)N(CCC(=O)O)CC(=O)Nc1ccc(Br)cn1. The summed E-state index contributed by atoms with van der Waals surface area (Å²) in [6.07, 6.45) is 1.60. The van der Waals surface area contributed by atoms with E-state index in [1.54, 1.807) is 18.3 Å². The summed E-state index contributed by atoms with van der Waals surface area (Å²) in [7, 11) is 0. The van der Waals surface area contributed by atoms with Gasteiger partial charge >= 0.3 is 5.97 Å². The van der Waals surface area contributed by atoms with Crippen LogP contribution in [0.1, 0.15) is 27.2 Å². The summed E-state index contributed by atoms with van der Waals surface area (Å²) < 4.78 is 0.832. The van der Waals surface area contributed by atoms with Crippen LogP contribution in [0.2, 0.25) is 0 Å². The van der Waals surface area contributed by atoms with E-state index in [0.717, 1.165) is 4.47 Å². The molecule has 0 radical (unpaired) electrons. The van der Waals surface area contributed by atoms with Crippen molar-refractivity contribution < 1.29 is 14.7 Å². The zero-order chi connectivity index (χ0) is 16.0. The molecule has 0 saturated heterocycles. The van der Waals surface area contributed by atoms with Gasteiger partial charge in [0.2, 0.25) is 5.91 Å². The van der Waals surface area contributed by atoms with Crippen molar-refractivity contribution in [2.45, 2.75) is 32.7 Å². The molecule has 1 amide bonds. The number of pyridine rings is 1. The third-order valence-corrected chi connectivity index (χ3v) is 3.34. The fraction of sp³-hybridized carbons (Fsp3) is 0.500. The summed E-state index contributed by atoms with van der Waals surface area (Å²) in [5.74, 6) is -0.625. The van der Waals surface area contributed by atoms with Crippen LogP contribution in [0.5, 0.6) is 0 Å². The zero-order valence-corrected chi connectivity index (χ0v) is 14.0. The zero-order valence-electron chi connectivity index (χ0n) is 12.4. The van der Waals surface area contributed by atoms with E-state index in [2.05, 4.69) is 26.2 Å². The number of carbonyl (C=O) groups is 2. The highest BCUT2D eigenvalue weighted by atomic mass is 79.9. The Morgan fingerprint density at radius 2 is 2.05 bits per heavy atom. The number of halogens is 1. The molecule has 0 aliphatic heterocycles. The van der Waals surface area contributed by atoms with Gasteiger partial charge in [-0.1, -0.05) is 0 Å². The van der Waals surface area contributed by atoms with E-state index in [9.17, 15) is 9.59 Å². The largest absolute Gasteiger partial charge is 0.481 e. The second kappa shape index (κ2) is 7.51. The minimum absolute atomic E-state index is 0.00108. The summed E-state index contributed by atoms with van der Waals surface area (Å²) in [6.45, 7) is 6.27. The van der Waals surface area contributed by atoms with Gasteiger partial charge in [-0.25, -0.2) is 4.98 Å². The fourth-order valence-electron chi connectivity index (χ4n) is 1.69. The number of hydrogen-bond acceptors (Lipinski definition) is 4. The van der Waals surface area contributed by atoms with Gasteiger partial charge in [0, 0.05) is 22.8 Å². The number of anilines is 1. The number of nitrogens with one attached hydrogen (secondary N) is 1. The molecule has 21 heavy (non-hydrogen) atoms. The first-order valence-corrected chi connectivity index (χ1v) is 7.36. The molecule has 0 aliphatic rings. The predicted molar refractivity (Wildman–Crippen MR) is 84.1 cm³/mol. The van der Waals surface area contributed by atoms with Crippen molar-refractivity contribution in [2.24, 2.45) is 0 Å². The Morgan fingerprint density at radius 1 is 1.38 bits per heavy atom. The van der Waals surface area contributed by atoms with Crippen LogP contribution in [0.25, 0.3) is 0 Å². The third-order valence-electron chi connectivity index (χ3n) is 2.87. The van der Waals surface area contributed by atoms with E-state index < -0.39 is 5.97 Å². The van der Waals surface area contributed by atoms with Gasteiger partial charge in [-0.15, -0.1) is 0 Å². The van der Waals surface area contributed by atoms with Crippen molar-refractivity contribution in [3.63, 3.8) is 0 Å². The molecule has 116 valence electrons. The summed E-state index contributed by atoms with van der Waals surface area (Å²) in [6, 6.07) is 3.48. The fourth-order valence-corrected chi connectivity index (χ4v) is 1.92. The molecule has 0 unspecified atom stereocenters. The maximum absolute atomic E-state index is 12.0. The molecule has 2 N–H and O–H groups in total. The quantitative estimate of drug-likeness (QED) is 0.816. The normalized spacial score (nSPS) is 11.5. The number of hydrogen-bond donors (Lipinski definition) is 2. The topological polar surface area (TPSA) is 82.5 Å². The Bertz CT molecular complexity index is 497. The second-order valence-corrected chi connectivity index (χ2v) is 6.56. The number of carboxylic acids is 1. The summed E-state index contributed by atoms with van der Waals surface area (Å²) in [4.78, 5) is 28.6. The monoisotopic (exact) mass is 357 g/mol. The van der Waals surface area contributed by atoms with Crippen molar-refractivity contribution in [1.29, 1.82) is 0 Å². The average Bonchev–Trinajstić information content (AvgIpc) is 2.35. The molecule has 0 fully saturated rings. The van der Waals surface area contributed by atoms with Gasteiger partial charge in [-0.2, -0.15) is 0 Å². The van der Waals surface area contributed by atoms with E-state index in [4.69, 9.17) is 5.11 Å². The molecular weight excluding hydrogens is 338 g/mol. The van der Waals surface area contributed by atoms with Gasteiger partial charge in [0.15, 0.2) is 0 Å². The Balaban J connectivity index is 2.63. The molecule has 0 aromatic carbocycles. The van der Waals surface area contributed by atoms with Gasteiger partial charge in [-0.05, 0) is 48.8 Å². The lowest BCUT2D eigenvalue weighted by atomic mass is 10.1. The highest BCUT2D eigenvalue weighted by Crippen LogP contribution is 2.14. The van der Waals surface area contributed by atoms with Gasteiger partial charge in [0.1, 0.15) is 5.82 Å². The standard InChI is InChI=1S/C14H20BrN3O3/c1-14(2,3)18(7-6-13(20)21)9-12(19)17-11-5-4-10(15)8-16-11/h4-5,8H,6-7,9H2,1-3H3,(H,20,21)(H,16,17,19). The van der Waals surface area contributed by atoms with Gasteiger partial charge < -0.3 is 10.4 Å². The summed E-state index contributed by atoms with van der Waals surface area (Å²) in [5, 5.41) is 11.5. The molecular formula is C14H20BrN3O3. The van der Waals surface area contributed by atoms with Crippen LogP contribution in [0, 0.1) is 0 Å². The summed E-state index contributed by atoms with van der Waals surface area (Å²) in [5.41, 5.74) is -0.292. The van der Waals surface area contributed by atoms with Gasteiger partial charge in [0.25, 0.3) is 0 Å². The second-order valence-electron chi connectivity index (χ2n) is 5.65. The Hall–Kier alpha value is -1.47. The first kappa shape index (κ1) is 17.6. The average molecular weight is 358 g/mol. The van der Waals surface area contributed by atoms with E-state index in [1.165, 1.54) is 0 Å². The van der Waals surface area contributed by atoms with Crippen LogP contribution in [0.4, 0.5) is 5.82 Å². The lowest BCUT2D eigenvalue weighted by Gasteiger charge is -2.34. The number of amides is 1. The van der Waals surface area contributed by atoms with Crippen molar-refractivity contribution in [3.8, 4) is 0 Å². The van der Waals surface area contributed by atoms with Crippen molar-refractivity contribution in [1.82, 2.24) is 9.88 Å². The van der Waals surface area contributed by atoms with Crippen LogP contribution >= 0.6 is 15.9 Å². The van der Waals surface area contributed by atoms with E-state index in [1.807, 2.05) is 25.7 Å². The number of aliphatic carboxylic acids is 1. The highest BCUT2D eigenvalue weighted by molar-refractivity contribution is 9.10. The maximum Gasteiger partial charge on any atom is 0.304 e. The van der Waals surface area contributed by atoms with E-state index in [0.29, 0.717) is 12.4 Å². The van der Waals surface area contributed by atoms with Crippen LogP contribution in [0.3, 0.4) is 0 Å². The number of carboxylic acid groups (broad SMARTS) is 1. The van der Waals surface area contributed by atoms with Gasteiger partial charge in [-0.3, -0.25) is 14.5 Å². The van der Waals surface area contributed by atoms with Crippen LogP contribution < -0.4 is 5.32 Å².